The second-order valence-corrected chi connectivity index (χ2v) is 5.46. The summed E-state index contributed by atoms with van der Waals surface area (Å²) in [4.78, 5) is 22.8. The van der Waals surface area contributed by atoms with Crippen molar-refractivity contribution in [3.8, 4) is 0 Å². The van der Waals surface area contributed by atoms with Crippen LogP contribution in [0.15, 0.2) is 24.3 Å². The number of hydrogen-bond acceptors (Lipinski definition) is 5. The van der Waals surface area contributed by atoms with Gasteiger partial charge in [0, 0.05) is 11.1 Å². The van der Waals surface area contributed by atoms with E-state index in [2.05, 4.69) is 31.7 Å². The van der Waals surface area contributed by atoms with Crippen LogP contribution in [0, 0.1) is 5.92 Å². The first-order valence-electron chi connectivity index (χ1n) is 8.15. The summed E-state index contributed by atoms with van der Waals surface area (Å²) >= 11 is 0. The van der Waals surface area contributed by atoms with Gasteiger partial charge >= 0.3 is 11.9 Å². The highest BCUT2D eigenvalue weighted by molar-refractivity contribution is 6.00. The molecule has 5 nitrogen and oxygen atoms in total. The topological polar surface area (TPSA) is 83.8 Å². The maximum Gasteiger partial charge on any atom is 0.341 e. The molecule has 1 atom stereocenters. The normalized spacial score (nSPS) is 11.0. The van der Waals surface area contributed by atoms with Gasteiger partial charge in [0.05, 0.1) is 13.2 Å². The standard InChI is InChI=1S/C16H26O3.C2H6O2/c1-6-8-9-14(7-2)11-10-13(5)16(18)19-15(17)12(3)4;3-1-2-4/h14H,3,5-11H2,1-2,4H3;3-4H,1-2H2. The molecule has 0 rings (SSSR count). The second-order valence-electron chi connectivity index (χ2n) is 5.46. The SMILES string of the molecule is C=C(C)C(=O)OC(=O)C(=C)CCC(CC)CCCC.OCCO. The lowest BCUT2D eigenvalue weighted by atomic mass is 9.92. The summed E-state index contributed by atoms with van der Waals surface area (Å²) in [5.74, 6) is -0.691. The van der Waals surface area contributed by atoms with Crippen LogP contribution in [-0.2, 0) is 14.3 Å². The number of esters is 2. The molecule has 1 unspecified atom stereocenters. The van der Waals surface area contributed by atoms with E-state index in [9.17, 15) is 9.59 Å². The first kappa shape index (κ1) is 23.8. The van der Waals surface area contributed by atoms with Gasteiger partial charge in [-0.25, -0.2) is 9.59 Å². The molecule has 0 fully saturated rings. The predicted molar refractivity (Wildman–Crippen MR) is 91.8 cm³/mol. The maximum atomic E-state index is 11.6. The molecule has 2 N–H and O–H groups in total. The van der Waals surface area contributed by atoms with Crippen LogP contribution < -0.4 is 0 Å². The van der Waals surface area contributed by atoms with E-state index in [1.54, 1.807) is 0 Å². The van der Waals surface area contributed by atoms with Crippen molar-refractivity contribution in [2.45, 2.75) is 59.3 Å². The number of hydrogen-bond donors (Lipinski definition) is 2. The fourth-order valence-corrected chi connectivity index (χ4v) is 1.77. The molecule has 0 radical (unpaired) electrons. The number of rotatable bonds is 10. The van der Waals surface area contributed by atoms with Gasteiger partial charge in [-0.3, -0.25) is 0 Å². The smallest absolute Gasteiger partial charge is 0.341 e. The predicted octanol–water partition coefficient (Wildman–Crippen LogP) is 3.16. The van der Waals surface area contributed by atoms with Crippen LogP contribution in [0.5, 0.6) is 0 Å². The number of aliphatic hydroxyl groups excluding tert-OH is 2. The molecule has 0 heterocycles. The number of carbonyl (C=O) groups excluding carboxylic acids is 2. The molecule has 0 aromatic carbocycles. The molecule has 0 aliphatic carbocycles. The van der Waals surface area contributed by atoms with Crippen LogP contribution in [0.25, 0.3) is 0 Å². The Morgan fingerprint density at radius 3 is 2.00 bits per heavy atom. The highest BCUT2D eigenvalue weighted by Gasteiger charge is 2.15. The molecule has 0 aliphatic rings. The minimum atomic E-state index is -0.677. The Morgan fingerprint density at radius 2 is 1.61 bits per heavy atom. The van der Waals surface area contributed by atoms with E-state index in [0.29, 0.717) is 17.9 Å². The summed E-state index contributed by atoms with van der Waals surface area (Å²) in [5.41, 5.74) is 0.583. The van der Waals surface area contributed by atoms with E-state index in [0.717, 1.165) is 12.8 Å². The molecule has 0 aromatic rings. The van der Waals surface area contributed by atoms with E-state index < -0.39 is 11.9 Å². The largest absolute Gasteiger partial charge is 0.394 e. The summed E-state index contributed by atoms with van der Waals surface area (Å²) in [7, 11) is 0. The monoisotopic (exact) mass is 328 g/mol. The third-order valence-electron chi connectivity index (χ3n) is 3.32. The van der Waals surface area contributed by atoms with Crippen molar-refractivity contribution in [2.24, 2.45) is 5.92 Å². The maximum absolute atomic E-state index is 11.6. The van der Waals surface area contributed by atoms with Gasteiger partial charge in [0.2, 0.25) is 0 Å². The zero-order chi connectivity index (χ0) is 18.3. The third kappa shape index (κ3) is 13.9. The molecule has 0 saturated carbocycles. The summed E-state index contributed by atoms with van der Waals surface area (Å²) in [6.07, 6.45) is 6.19. The van der Waals surface area contributed by atoms with E-state index >= 15 is 0 Å². The fraction of sp³-hybridized carbons (Fsp3) is 0.667. The van der Waals surface area contributed by atoms with Gasteiger partial charge in [-0.15, -0.1) is 0 Å². The first-order chi connectivity index (χ1) is 10.8. The summed E-state index contributed by atoms with van der Waals surface area (Å²) in [5, 5.41) is 15.2. The van der Waals surface area contributed by atoms with Gasteiger partial charge in [-0.2, -0.15) is 0 Å². The van der Waals surface area contributed by atoms with Gasteiger partial charge < -0.3 is 14.9 Å². The van der Waals surface area contributed by atoms with Crippen LogP contribution in [0.4, 0.5) is 0 Å². The molecule has 23 heavy (non-hydrogen) atoms. The quantitative estimate of drug-likeness (QED) is 0.365. The number of ether oxygens (including phenoxy) is 1. The Kier molecular flexibility index (Phi) is 16.0. The highest BCUT2D eigenvalue weighted by Crippen LogP contribution is 2.21. The molecular formula is C18H32O5. The lowest BCUT2D eigenvalue weighted by Gasteiger charge is -2.14. The molecule has 0 amide bonds. The zero-order valence-electron chi connectivity index (χ0n) is 14.8. The third-order valence-corrected chi connectivity index (χ3v) is 3.32. The summed E-state index contributed by atoms with van der Waals surface area (Å²) in [6, 6.07) is 0. The molecule has 134 valence electrons. The van der Waals surface area contributed by atoms with Crippen LogP contribution in [0.3, 0.4) is 0 Å². The zero-order valence-corrected chi connectivity index (χ0v) is 14.8. The Balaban J connectivity index is 0. The molecular weight excluding hydrogens is 296 g/mol. The Labute approximate surface area is 140 Å². The summed E-state index contributed by atoms with van der Waals surface area (Å²) in [6.45, 7) is 12.7. The molecule has 5 heteroatoms. The number of unbranched alkanes of at least 4 members (excludes halogenated alkanes) is 1. The lowest BCUT2D eigenvalue weighted by Crippen LogP contribution is -2.15. The van der Waals surface area contributed by atoms with E-state index in [-0.39, 0.29) is 18.8 Å². The molecule has 0 aliphatic heterocycles. The van der Waals surface area contributed by atoms with Crippen molar-refractivity contribution in [1.29, 1.82) is 0 Å². The lowest BCUT2D eigenvalue weighted by molar-refractivity contribution is -0.154. The number of carbonyl (C=O) groups is 2. The second kappa shape index (κ2) is 15.4. The van der Waals surface area contributed by atoms with Crippen molar-refractivity contribution in [1.82, 2.24) is 0 Å². The van der Waals surface area contributed by atoms with Gasteiger partial charge in [-0.1, -0.05) is 52.7 Å². The minimum Gasteiger partial charge on any atom is -0.394 e. The highest BCUT2D eigenvalue weighted by atomic mass is 16.6. The van der Waals surface area contributed by atoms with Crippen molar-refractivity contribution in [3.05, 3.63) is 24.3 Å². The minimum absolute atomic E-state index is 0.125. The van der Waals surface area contributed by atoms with Gasteiger partial charge in [0.15, 0.2) is 0 Å². The van der Waals surface area contributed by atoms with Crippen LogP contribution in [0.2, 0.25) is 0 Å². The summed E-state index contributed by atoms with van der Waals surface area (Å²) < 4.78 is 4.64. The Hall–Kier alpha value is -1.46. The van der Waals surface area contributed by atoms with Gasteiger partial charge in [-0.05, 0) is 25.7 Å². The number of aliphatic hydroxyl groups is 2. The molecule has 0 bridgehead atoms. The van der Waals surface area contributed by atoms with Crippen LogP contribution in [0.1, 0.15) is 59.3 Å². The van der Waals surface area contributed by atoms with Crippen LogP contribution in [-0.4, -0.2) is 35.4 Å². The van der Waals surface area contributed by atoms with Crippen molar-refractivity contribution >= 4 is 11.9 Å². The van der Waals surface area contributed by atoms with Gasteiger partial charge in [0.25, 0.3) is 0 Å². The fourth-order valence-electron chi connectivity index (χ4n) is 1.77. The molecule has 0 saturated heterocycles. The van der Waals surface area contributed by atoms with Gasteiger partial charge in [0.1, 0.15) is 0 Å². The van der Waals surface area contributed by atoms with Crippen molar-refractivity contribution in [2.75, 3.05) is 13.2 Å². The van der Waals surface area contributed by atoms with E-state index in [4.69, 9.17) is 10.2 Å². The average Bonchev–Trinajstić information content (AvgIpc) is 2.54. The Bertz CT molecular complexity index is 372. The van der Waals surface area contributed by atoms with Crippen LogP contribution >= 0.6 is 0 Å². The van der Waals surface area contributed by atoms with E-state index in [1.165, 1.54) is 26.2 Å². The van der Waals surface area contributed by atoms with Crippen molar-refractivity contribution < 1.29 is 24.5 Å². The van der Waals surface area contributed by atoms with Crippen molar-refractivity contribution in [3.63, 3.8) is 0 Å². The van der Waals surface area contributed by atoms with E-state index in [1.807, 2.05) is 0 Å². The molecule has 0 aromatic heterocycles. The first-order valence-corrected chi connectivity index (χ1v) is 8.15. The average molecular weight is 328 g/mol. The Morgan fingerprint density at radius 1 is 1.04 bits per heavy atom. The molecule has 0 spiro atoms.